The summed E-state index contributed by atoms with van der Waals surface area (Å²) in [6.07, 6.45) is 6.91. The number of aromatic nitrogens is 3. The average Bonchev–Trinajstić information content (AvgIpc) is 3.79. The second kappa shape index (κ2) is 11.3. The van der Waals surface area contributed by atoms with E-state index in [2.05, 4.69) is 63.7 Å². The number of hydrogen-bond donors (Lipinski definition) is 0. The molecule has 3 atom stereocenters. The van der Waals surface area contributed by atoms with Crippen molar-refractivity contribution in [2.75, 3.05) is 0 Å². The smallest absolute Gasteiger partial charge is 0.252 e. The molecule has 206 valence electrons. The van der Waals surface area contributed by atoms with Crippen LogP contribution in [0.15, 0.2) is 108 Å². The van der Waals surface area contributed by atoms with Gasteiger partial charge in [-0.3, -0.25) is 4.98 Å². The van der Waals surface area contributed by atoms with E-state index in [-0.39, 0.29) is 12.0 Å². The molecule has 0 unspecified atom stereocenters. The summed E-state index contributed by atoms with van der Waals surface area (Å²) >= 11 is 0. The molecule has 3 aromatic carbocycles. The number of ether oxygens (including phenoxy) is 2. The molecule has 0 N–H and O–H groups in total. The number of hydrogen-bond acceptors (Lipinski definition) is 6. The summed E-state index contributed by atoms with van der Waals surface area (Å²) in [6.45, 7) is 1.26. The lowest BCUT2D eigenvalue weighted by Crippen LogP contribution is -2.34. The van der Waals surface area contributed by atoms with Crippen LogP contribution in [-0.4, -0.2) is 15.1 Å². The minimum atomic E-state index is 0.0225. The Balaban J connectivity index is 1.07. The van der Waals surface area contributed by atoms with Gasteiger partial charge in [-0.15, -0.1) is 0 Å². The van der Waals surface area contributed by atoms with Gasteiger partial charge >= 0.3 is 0 Å². The lowest BCUT2D eigenvalue weighted by Gasteiger charge is -2.39. The van der Waals surface area contributed by atoms with Crippen molar-refractivity contribution in [3.05, 3.63) is 132 Å². The predicted molar refractivity (Wildman–Crippen MR) is 156 cm³/mol. The fourth-order valence-corrected chi connectivity index (χ4v) is 6.87. The van der Waals surface area contributed by atoms with Gasteiger partial charge in [0.2, 0.25) is 5.82 Å². The van der Waals surface area contributed by atoms with Crippen LogP contribution >= 0.6 is 0 Å². The number of benzene rings is 3. The Labute approximate surface area is 240 Å². The molecule has 41 heavy (non-hydrogen) atoms. The molecule has 0 aliphatic heterocycles. The van der Waals surface area contributed by atoms with Crippen molar-refractivity contribution in [3.8, 4) is 17.1 Å². The Bertz CT molecular complexity index is 1570. The van der Waals surface area contributed by atoms with Crippen LogP contribution < -0.4 is 4.74 Å². The van der Waals surface area contributed by atoms with Gasteiger partial charge in [-0.25, -0.2) is 0 Å². The summed E-state index contributed by atoms with van der Waals surface area (Å²) in [4.78, 5) is 8.94. The third-order valence-electron chi connectivity index (χ3n) is 8.79. The number of rotatable bonds is 10. The largest absolute Gasteiger partial charge is 0.487 e. The molecular formula is C35H33N3O3. The van der Waals surface area contributed by atoms with Crippen LogP contribution in [0.4, 0.5) is 0 Å². The molecule has 5 aromatic rings. The van der Waals surface area contributed by atoms with Crippen LogP contribution in [0.25, 0.3) is 11.4 Å². The molecule has 0 spiro atoms. The molecule has 0 radical (unpaired) electrons. The minimum Gasteiger partial charge on any atom is -0.487 e. The molecule has 2 saturated carbocycles. The van der Waals surface area contributed by atoms with E-state index in [0.29, 0.717) is 30.8 Å². The molecule has 7 rings (SSSR count). The van der Waals surface area contributed by atoms with Gasteiger partial charge in [-0.2, -0.15) is 4.98 Å². The van der Waals surface area contributed by atoms with E-state index in [1.165, 1.54) is 36.8 Å². The van der Waals surface area contributed by atoms with Gasteiger partial charge in [-0.1, -0.05) is 84.4 Å². The summed E-state index contributed by atoms with van der Waals surface area (Å²) in [6, 6.07) is 33.5. The van der Waals surface area contributed by atoms with Crippen LogP contribution in [0.5, 0.6) is 5.75 Å². The van der Waals surface area contributed by atoms with Crippen molar-refractivity contribution < 1.29 is 14.0 Å². The monoisotopic (exact) mass is 543 g/mol. The van der Waals surface area contributed by atoms with Gasteiger partial charge in [0, 0.05) is 17.2 Å². The summed E-state index contributed by atoms with van der Waals surface area (Å²) < 4.78 is 17.3. The first-order valence-corrected chi connectivity index (χ1v) is 14.4. The highest BCUT2D eigenvalue weighted by Crippen LogP contribution is 2.60. The van der Waals surface area contributed by atoms with Gasteiger partial charge < -0.3 is 14.0 Å². The SMILES string of the molecule is c1ccc(COCc2nc(-c3ccc([C@]4(c5ccc(OCc6ccccn6)cc5)C[C@@H]5CC[C@H]4C5)cc3)no2)cc1. The van der Waals surface area contributed by atoms with Crippen molar-refractivity contribution >= 4 is 0 Å². The molecule has 2 bridgehead atoms. The fourth-order valence-electron chi connectivity index (χ4n) is 6.87. The van der Waals surface area contributed by atoms with E-state index in [1.54, 1.807) is 6.20 Å². The first-order valence-electron chi connectivity index (χ1n) is 14.4. The predicted octanol–water partition coefficient (Wildman–Crippen LogP) is 7.53. The van der Waals surface area contributed by atoms with Crippen LogP contribution in [-0.2, 0) is 30.0 Å². The Morgan fingerprint density at radius 3 is 2.27 bits per heavy atom. The number of pyridine rings is 1. The standard InChI is InChI=1S/C35H33N3O3/c1-2-6-25(7-3-1)22-39-24-33-37-34(38-41-33)27-10-13-28(14-11-27)35(21-26-9-12-30(35)20-26)29-15-17-32(18-16-29)40-23-31-8-4-5-19-36-31/h1-8,10-11,13-19,26,30H,9,12,20-24H2/t26-,30+,35+/m1/s1. The summed E-state index contributed by atoms with van der Waals surface area (Å²) in [7, 11) is 0. The van der Waals surface area contributed by atoms with Crippen molar-refractivity contribution in [3.63, 3.8) is 0 Å². The normalized spacial score (nSPS) is 21.3. The molecule has 2 fully saturated rings. The van der Waals surface area contributed by atoms with Crippen LogP contribution in [0, 0.1) is 11.8 Å². The highest BCUT2D eigenvalue weighted by Gasteiger charge is 2.52. The second-order valence-corrected chi connectivity index (χ2v) is 11.3. The number of nitrogens with zero attached hydrogens (tertiary/aromatic N) is 3. The first-order chi connectivity index (χ1) is 20.3. The fraction of sp³-hybridized carbons (Fsp3) is 0.286. The maximum absolute atomic E-state index is 6.03. The molecule has 2 aliphatic carbocycles. The van der Waals surface area contributed by atoms with Gasteiger partial charge in [0.05, 0.1) is 12.3 Å². The highest BCUT2D eigenvalue weighted by molar-refractivity contribution is 5.57. The molecule has 2 heterocycles. The Kier molecular flexibility index (Phi) is 7.07. The zero-order chi connectivity index (χ0) is 27.5. The Morgan fingerprint density at radius 2 is 1.56 bits per heavy atom. The maximum Gasteiger partial charge on any atom is 0.252 e. The van der Waals surface area contributed by atoms with E-state index in [1.807, 2.05) is 48.5 Å². The summed E-state index contributed by atoms with van der Waals surface area (Å²) in [5.74, 6) is 3.38. The Morgan fingerprint density at radius 1 is 0.780 bits per heavy atom. The van der Waals surface area contributed by atoms with Gasteiger partial charge in [0.15, 0.2) is 0 Å². The minimum absolute atomic E-state index is 0.0225. The van der Waals surface area contributed by atoms with E-state index >= 15 is 0 Å². The summed E-state index contributed by atoms with van der Waals surface area (Å²) in [5, 5.41) is 4.22. The summed E-state index contributed by atoms with van der Waals surface area (Å²) in [5.41, 5.74) is 5.75. The van der Waals surface area contributed by atoms with Crippen molar-refractivity contribution in [1.82, 2.24) is 15.1 Å². The molecule has 2 aromatic heterocycles. The van der Waals surface area contributed by atoms with Gasteiger partial charge in [-0.05, 0) is 72.1 Å². The lowest BCUT2D eigenvalue weighted by molar-refractivity contribution is 0.0850. The zero-order valence-corrected chi connectivity index (χ0v) is 23.0. The van der Waals surface area contributed by atoms with Crippen molar-refractivity contribution in [1.29, 1.82) is 0 Å². The highest BCUT2D eigenvalue weighted by atomic mass is 16.5. The van der Waals surface area contributed by atoms with E-state index in [0.717, 1.165) is 28.5 Å². The van der Waals surface area contributed by atoms with Crippen LogP contribution in [0.3, 0.4) is 0 Å². The third kappa shape index (κ3) is 5.27. The average molecular weight is 544 g/mol. The van der Waals surface area contributed by atoms with Gasteiger partial charge in [0.1, 0.15) is 19.0 Å². The first kappa shape index (κ1) is 25.7. The van der Waals surface area contributed by atoms with Crippen molar-refractivity contribution in [2.45, 2.75) is 50.9 Å². The second-order valence-electron chi connectivity index (χ2n) is 11.3. The molecule has 0 saturated heterocycles. The molecule has 6 heteroatoms. The lowest BCUT2D eigenvalue weighted by atomic mass is 9.64. The topological polar surface area (TPSA) is 70.3 Å². The van der Waals surface area contributed by atoms with E-state index < -0.39 is 0 Å². The molecule has 6 nitrogen and oxygen atoms in total. The number of fused-ring (bicyclic) bond motifs is 2. The molecular weight excluding hydrogens is 510 g/mol. The van der Waals surface area contributed by atoms with Crippen LogP contribution in [0.2, 0.25) is 0 Å². The van der Waals surface area contributed by atoms with E-state index in [9.17, 15) is 0 Å². The van der Waals surface area contributed by atoms with Crippen LogP contribution in [0.1, 0.15) is 54.0 Å². The molecule has 0 amide bonds. The van der Waals surface area contributed by atoms with E-state index in [4.69, 9.17) is 14.0 Å². The molecule has 2 aliphatic rings. The zero-order valence-electron chi connectivity index (χ0n) is 23.0. The van der Waals surface area contributed by atoms with Gasteiger partial charge in [0.25, 0.3) is 5.89 Å². The quantitative estimate of drug-likeness (QED) is 0.181. The van der Waals surface area contributed by atoms with Crippen molar-refractivity contribution in [2.24, 2.45) is 11.8 Å². The third-order valence-corrected chi connectivity index (χ3v) is 8.79. The maximum atomic E-state index is 6.03. The Hall–Kier alpha value is -4.29.